The van der Waals surface area contributed by atoms with Gasteiger partial charge < -0.3 is 0 Å². The lowest BCUT2D eigenvalue weighted by Gasteiger charge is -2.30. The van der Waals surface area contributed by atoms with E-state index in [-0.39, 0.29) is 5.92 Å². The zero-order valence-electron chi connectivity index (χ0n) is 11.0. The summed E-state index contributed by atoms with van der Waals surface area (Å²) in [6, 6.07) is 7.92. The molecule has 0 saturated heterocycles. The minimum atomic E-state index is 0.0601. The van der Waals surface area contributed by atoms with E-state index in [1.54, 1.807) is 0 Å². The number of hydrogen-bond donors (Lipinski definition) is 0. The average Bonchev–Trinajstić information content (AvgIpc) is 2.28. The number of fused-ring (bicyclic) bond motifs is 1. The zero-order valence-corrected chi connectivity index (χ0v) is 11.0. The van der Waals surface area contributed by atoms with Crippen molar-refractivity contribution in [3.8, 4) is 0 Å². The smallest absolute Gasteiger partial charge is 0.170 e. The van der Waals surface area contributed by atoms with Gasteiger partial charge in [-0.3, -0.25) is 4.79 Å². The van der Waals surface area contributed by atoms with Gasteiger partial charge in [-0.15, -0.1) is 0 Å². The van der Waals surface area contributed by atoms with Crippen LogP contribution in [0.25, 0.3) is 6.08 Å². The van der Waals surface area contributed by atoms with E-state index in [0.717, 1.165) is 11.1 Å². The van der Waals surface area contributed by atoms with Crippen LogP contribution in [-0.4, -0.2) is 5.78 Å². The molecule has 1 aromatic carbocycles. The molecule has 1 aromatic rings. The summed E-state index contributed by atoms with van der Waals surface area (Å²) in [6.07, 6.45) is 2.21. The fraction of sp³-hybridized carbons (Fsp3) is 0.438. The number of carbonyl (C=O) groups is 1. The zero-order chi connectivity index (χ0) is 12.6. The van der Waals surface area contributed by atoms with Crippen molar-refractivity contribution in [3.63, 3.8) is 0 Å². The van der Waals surface area contributed by atoms with Gasteiger partial charge in [-0.2, -0.15) is 0 Å². The third kappa shape index (κ3) is 2.06. The summed E-state index contributed by atoms with van der Waals surface area (Å²) in [7, 11) is 0. The molecule has 90 valence electrons. The third-order valence-corrected chi connectivity index (χ3v) is 3.52. The molecule has 0 radical (unpaired) electrons. The summed E-state index contributed by atoms with van der Waals surface area (Å²) in [5, 5.41) is 0. The van der Waals surface area contributed by atoms with Crippen molar-refractivity contribution in [2.75, 3.05) is 0 Å². The predicted molar refractivity (Wildman–Crippen MR) is 71.9 cm³/mol. The van der Waals surface area contributed by atoms with E-state index in [0.29, 0.717) is 17.6 Å². The number of rotatable bonds is 2. The van der Waals surface area contributed by atoms with Crippen molar-refractivity contribution in [3.05, 3.63) is 41.0 Å². The van der Waals surface area contributed by atoms with Gasteiger partial charge >= 0.3 is 0 Å². The van der Waals surface area contributed by atoms with Crippen LogP contribution in [0.3, 0.4) is 0 Å². The summed E-state index contributed by atoms with van der Waals surface area (Å²) >= 11 is 0. The van der Waals surface area contributed by atoms with Crippen LogP contribution in [0.2, 0.25) is 0 Å². The van der Waals surface area contributed by atoms with Gasteiger partial charge in [-0.25, -0.2) is 0 Å². The van der Waals surface area contributed by atoms with Crippen LogP contribution in [0.5, 0.6) is 0 Å². The molecule has 1 nitrogen and oxygen atoms in total. The molecule has 0 aliphatic heterocycles. The Bertz CT molecular complexity index is 466. The molecular formula is C16H20O. The molecule has 0 fully saturated rings. The van der Waals surface area contributed by atoms with E-state index in [9.17, 15) is 4.79 Å². The topological polar surface area (TPSA) is 17.1 Å². The molecule has 0 N–H and O–H groups in total. The highest BCUT2D eigenvalue weighted by Gasteiger charge is 2.32. The number of allylic oxidation sites excluding steroid dienone is 1. The van der Waals surface area contributed by atoms with Crippen LogP contribution in [0.15, 0.2) is 29.8 Å². The molecule has 0 saturated carbocycles. The van der Waals surface area contributed by atoms with Crippen LogP contribution in [0, 0.1) is 17.8 Å². The van der Waals surface area contributed by atoms with Gasteiger partial charge in [0, 0.05) is 11.5 Å². The van der Waals surface area contributed by atoms with E-state index in [1.165, 1.54) is 5.57 Å². The van der Waals surface area contributed by atoms with Crippen LogP contribution in [0.4, 0.5) is 0 Å². The molecule has 1 aliphatic rings. The first kappa shape index (κ1) is 12.1. The fourth-order valence-corrected chi connectivity index (χ4v) is 2.65. The van der Waals surface area contributed by atoms with Crippen molar-refractivity contribution in [1.82, 2.24) is 0 Å². The van der Waals surface area contributed by atoms with Crippen molar-refractivity contribution in [2.45, 2.75) is 27.7 Å². The first-order valence-electron chi connectivity index (χ1n) is 6.37. The summed E-state index contributed by atoms with van der Waals surface area (Å²) in [6.45, 7) is 8.60. The lowest BCUT2D eigenvalue weighted by molar-refractivity contribution is 0.0903. The molecule has 1 unspecified atom stereocenters. The van der Waals surface area contributed by atoms with E-state index in [4.69, 9.17) is 0 Å². The molecule has 1 heteroatoms. The number of Topliss-reactive ketones (excluding diaryl/α,β-unsaturated/α-hetero) is 1. The minimum Gasteiger partial charge on any atom is -0.293 e. The minimum absolute atomic E-state index is 0.0601. The maximum absolute atomic E-state index is 12.5. The standard InChI is InChI=1S/C16H20O/c1-10(2)14-9-12-7-5-6-8-13(12)16(17)15(14)11(3)4/h5-11,15H,1-4H3. The summed E-state index contributed by atoms with van der Waals surface area (Å²) in [4.78, 5) is 12.5. The van der Waals surface area contributed by atoms with Gasteiger partial charge in [0.05, 0.1) is 0 Å². The highest BCUT2D eigenvalue weighted by molar-refractivity contribution is 6.05. The van der Waals surface area contributed by atoms with Crippen molar-refractivity contribution < 1.29 is 4.79 Å². The summed E-state index contributed by atoms with van der Waals surface area (Å²) in [5.41, 5.74) is 3.25. The Kier molecular flexibility index (Phi) is 3.19. The van der Waals surface area contributed by atoms with E-state index >= 15 is 0 Å². The van der Waals surface area contributed by atoms with E-state index in [1.807, 2.05) is 24.3 Å². The maximum atomic E-state index is 12.5. The van der Waals surface area contributed by atoms with Gasteiger partial charge in [-0.1, -0.05) is 63.6 Å². The van der Waals surface area contributed by atoms with Gasteiger partial charge in [-0.05, 0) is 17.4 Å². The Labute approximate surface area is 104 Å². The second kappa shape index (κ2) is 4.48. The van der Waals surface area contributed by atoms with Crippen LogP contribution in [-0.2, 0) is 0 Å². The molecular weight excluding hydrogens is 208 g/mol. The van der Waals surface area contributed by atoms with E-state index < -0.39 is 0 Å². The lowest BCUT2D eigenvalue weighted by Crippen LogP contribution is -2.28. The molecule has 1 aliphatic carbocycles. The predicted octanol–water partition coefficient (Wildman–Crippen LogP) is 4.19. The van der Waals surface area contributed by atoms with Gasteiger partial charge in [0.2, 0.25) is 0 Å². The van der Waals surface area contributed by atoms with Gasteiger partial charge in [0.15, 0.2) is 5.78 Å². The Morgan fingerprint density at radius 3 is 2.29 bits per heavy atom. The van der Waals surface area contributed by atoms with Crippen LogP contribution in [0.1, 0.15) is 43.6 Å². The van der Waals surface area contributed by atoms with Crippen molar-refractivity contribution in [2.24, 2.45) is 17.8 Å². The highest BCUT2D eigenvalue weighted by atomic mass is 16.1. The van der Waals surface area contributed by atoms with Gasteiger partial charge in [0.25, 0.3) is 0 Å². The molecule has 0 heterocycles. The lowest BCUT2D eigenvalue weighted by atomic mass is 9.73. The van der Waals surface area contributed by atoms with Crippen molar-refractivity contribution >= 4 is 11.9 Å². The number of carbonyl (C=O) groups excluding carboxylic acids is 1. The van der Waals surface area contributed by atoms with Crippen LogP contribution < -0.4 is 0 Å². The highest BCUT2D eigenvalue weighted by Crippen LogP contribution is 2.36. The maximum Gasteiger partial charge on any atom is 0.170 e. The molecule has 0 bridgehead atoms. The van der Waals surface area contributed by atoms with Crippen molar-refractivity contribution in [1.29, 1.82) is 0 Å². The fourth-order valence-electron chi connectivity index (χ4n) is 2.65. The summed E-state index contributed by atoms with van der Waals surface area (Å²) in [5.74, 6) is 1.15. The number of hydrogen-bond acceptors (Lipinski definition) is 1. The Morgan fingerprint density at radius 2 is 1.71 bits per heavy atom. The van der Waals surface area contributed by atoms with Gasteiger partial charge in [0.1, 0.15) is 0 Å². The number of benzene rings is 1. The Balaban J connectivity index is 2.57. The second-order valence-electron chi connectivity index (χ2n) is 5.47. The molecule has 1 atom stereocenters. The molecule has 0 aromatic heterocycles. The molecule has 0 spiro atoms. The first-order valence-corrected chi connectivity index (χ1v) is 6.37. The van der Waals surface area contributed by atoms with Crippen LogP contribution >= 0.6 is 0 Å². The molecule has 0 amide bonds. The monoisotopic (exact) mass is 228 g/mol. The Morgan fingerprint density at radius 1 is 1.06 bits per heavy atom. The largest absolute Gasteiger partial charge is 0.293 e. The third-order valence-electron chi connectivity index (χ3n) is 3.52. The average molecular weight is 228 g/mol. The quantitative estimate of drug-likeness (QED) is 0.741. The SMILES string of the molecule is CC(C)C1=Cc2ccccc2C(=O)C1C(C)C. The first-order chi connectivity index (χ1) is 8.02. The van der Waals surface area contributed by atoms with E-state index in [2.05, 4.69) is 33.8 Å². The molecule has 2 rings (SSSR count). The second-order valence-corrected chi connectivity index (χ2v) is 5.47. The number of ketones is 1. The normalized spacial score (nSPS) is 19.5. The summed E-state index contributed by atoms with van der Waals surface area (Å²) < 4.78 is 0. The molecule has 17 heavy (non-hydrogen) atoms. The Hall–Kier alpha value is -1.37.